The molecule has 114 valence electrons. The van der Waals surface area contributed by atoms with Gasteiger partial charge in [-0.2, -0.15) is 20.5 Å². The first-order chi connectivity index (χ1) is 9.51. The molecule has 0 aromatic heterocycles. The number of hydrogen-bond donors (Lipinski definition) is 1. The van der Waals surface area contributed by atoms with Gasteiger partial charge in [-0.1, -0.05) is 18.2 Å². The van der Waals surface area contributed by atoms with Crippen molar-refractivity contribution in [1.82, 2.24) is 4.90 Å². The quantitative estimate of drug-likeness (QED) is 0.801. The van der Waals surface area contributed by atoms with Crippen LogP contribution in [0.3, 0.4) is 0 Å². The van der Waals surface area contributed by atoms with Crippen LogP contribution in [-0.4, -0.2) is 43.2 Å². The average Bonchev–Trinajstić information content (AvgIpc) is 2.41. The SMILES string of the molecule is CSCC(C)N(C)C(CN)c1ccccc1OC(F)F. The monoisotopic (exact) mass is 304 g/mol. The number of halogens is 2. The van der Waals surface area contributed by atoms with Crippen LogP contribution in [0.25, 0.3) is 0 Å². The zero-order chi connectivity index (χ0) is 15.1. The van der Waals surface area contributed by atoms with Crippen molar-refractivity contribution in [3.05, 3.63) is 29.8 Å². The standard InChI is InChI=1S/C14H22F2N2OS/c1-10(9-20-3)18(2)12(8-17)11-6-4-5-7-13(11)19-14(15)16/h4-7,10,12,14H,8-9,17H2,1-3H3. The number of benzene rings is 1. The Morgan fingerprint density at radius 1 is 1.35 bits per heavy atom. The summed E-state index contributed by atoms with van der Waals surface area (Å²) < 4.78 is 29.6. The molecule has 0 fully saturated rings. The number of ether oxygens (including phenoxy) is 1. The van der Waals surface area contributed by atoms with Crippen molar-refractivity contribution in [3.63, 3.8) is 0 Å². The summed E-state index contributed by atoms with van der Waals surface area (Å²) in [5, 5.41) is 0. The summed E-state index contributed by atoms with van der Waals surface area (Å²) in [7, 11) is 1.96. The zero-order valence-corrected chi connectivity index (χ0v) is 12.9. The van der Waals surface area contributed by atoms with Gasteiger partial charge in [0.2, 0.25) is 0 Å². The molecule has 2 unspecified atom stereocenters. The van der Waals surface area contributed by atoms with Gasteiger partial charge in [-0.25, -0.2) is 0 Å². The van der Waals surface area contributed by atoms with Crippen LogP contribution in [0.2, 0.25) is 0 Å². The first-order valence-electron chi connectivity index (χ1n) is 6.45. The van der Waals surface area contributed by atoms with Crippen LogP contribution in [0.5, 0.6) is 5.75 Å². The molecule has 6 heteroatoms. The number of thioether (sulfide) groups is 1. The van der Waals surface area contributed by atoms with Gasteiger partial charge in [0.05, 0.1) is 6.04 Å². The first kappa shape index (κ1) is 17.2. The molecule has 1 rings (SSSR count). The number of rotatable bonds is 8. The highest BCUT2D eigenvalue weighted by Crippen LogP contribution is 2.30. The van der Waals surface area contributed by atoms with Crippen molar-refractivity contribution in [3.8, 4) is 5.75 Å². The lowest BCUT2D eigenvalue weighted by Gasteiger charge is -2.33. The molecule has 0 saturated heterocycles. The number of nitrogens with two attached hydrogens (primary N) is 1. The lowest BCUT2D eigenvalue weighted by molar-refractivity contribution is -0.0511. The molecular weight excluding hydrogens is 282 g/mol. The average molecular weight is 304 g/mol. The maximum absolute atomic E-state index is 12.5. The highest BCUT2D eigenvalue weighted by Gasteiger charge is 2.23. The molecule has 1 aromatic carbocycles. The summed E-state index contributed by atoms with van der Waals surface area (Å²) >= 11 is 1.74. The van der Waals surface area contributed by atoms with Gasteiger partial charge in [0.15, 0.2) is 0 Å². The van der Waals surface area contributed by atoms with Gasteiger partial charge in [0.1, 0.15) is 5.75 Å². The van der Waals surface area contributed by atoms with E-state index in [1.807, 2.05) is 19.4 Å². The maximum Gasteiger partial charge on any atom is 0.387 e. The Balaban J connectivity index is 2.99. The molecule has 0 aliphatic carbocycles. The molecule has 0 amide bonds. The minimum absolute atomic E-state index is 0.146. The fraction of sp³-hybridized carbons (Fsp3) is 0.571. The Bertz CT molecular complexity index is 407. The van der Waals surface area contributed by atoms with E-state index in [2.05, 4.69) is 16.6 Å². The van der Waals surface area contributed by atoms with Crippen molar-refractivity contribution in [1.29, 1.82) is 0 Å². The fourth-order valence-electron chi connectivity index (χ4n) is 2.14. The second-order valence-electron chi connectivity index (χ2n) is 4.64. The van der Waals surface area contributed by atoms with Crippen molar-refractivity contribution in [2.45, 2.75) is 25.6 Å². The largest absolute Gasteiger partial charge is 0.434 e. The number of likely N-dealkylation sites (N-methyl/N-ethyl adjacent to an activating group) is 1. The summed E-state index contributed by atoms with van der Waals surface area (Å²) in [6.07, 6.45) is 2.04. The van der Waals surface area contributed by atoms with Gasteiger partial charge in [0, 0.05) is 23.9 Å². The second kappa shape index (κ2) is 8.44. The maximum atomic E-state index is 12.5. The van der Waals surface area contributed by atoms with Crippen molar-refractivity contribution >= 4 is 11.8 Å². The zero-order valence-electron chi connectivity index (χ0n) is 12.1. The summed E-state index contributed by atoms with van der Waals surface area (Å²) in [6.45, 7) is -0.391. The molecule has 20 heavy (non-hydrogen) atoms. The number of hydrogen-bond acceptors (Lipinski definition) is 4. The van der Waals surface area contributed by atoms with Crippen LogP contribution < -0.4 is 10.5 Å². The number of nitrogens with zero attached hydrogens (tertiary/aromatic N) is 1. The predicted molar refractivity (Wildman–Crippen MR) is 80.5 cm³/mol. The van der Waals surface area contributed by atoms with Gasteiger partial charge < -0.3 is 10.5 Å². The number of alkyl halides is 2. The Morgan fingerprint density at radius 3 is 2.55 bits per heavy atom. The molecule has 0 spiro atoms. The van der Waals surface area contributed by atoms with Crippen molar-refractivity contribution < 1.29 is 13.5 Å². The van der Waals surface area contributed by atoms with Crippen LogP contribution >= 0.6 is 11.8 Å². The Hall–Kier alpha value is -0.850. The fourth-order valence-corrected chi connectivity index (χ4v) is 2.86. The molecule has 3 nitrogen and oxygen atoms in total. The van der Waals surface area contributed by atoms with Crippen LogP contribution in [0.4, 0.5) is 8.78 Å². The van der Waals surface area contributed by atoms with E-state index >= 15 is 0 Å². The van der Waals surface area contributed by atoms with Gasteiger partial charge in [-0.15, -0.1) is 0 Å². The summed E-state index contributed by atoms with van der Waals surface area (Å²) in [5.41, 5.74) is 6.55. The number of para-hydroxylation sites is 1. The van der Waals surface area contributed by atoms with E-state index in [1.165, 1.54) is 0 Å². The Labute approximate surface area is 123 Å². The molecule has 2 atom stereocenters. The van der Waals surface area contributed by atoms with E-state index in [1.54, 1.807) is 30.0 Å². The minimum atomic E-state index is -2.83. The third-order valence-corrected chi connectivity index (χ3v) is 4.13. The van der Waals surface area contributed by atoms with Gasteiger partial charge in [-0.3, -0.25) is 4.90 Å². The lowest BCUT2D eigenvalue weighted by atomic mass is 10.0. The third-order valence-electron chi connectivity index (χ3n) is 3.31. The lowest BCUT2D eigenvalue weighted by Crippen LogP contribution is -2.38. The van der Waals surface area contributed by atoms with Crippen molar-refractivity contribution in [2.24, 2.45) is 5.73 Å². The van der Waals surface area contributed by atoms with Crippen LogP contribution in [0.15, 0.2) is 24.3 Å². The van der Waals surface area contributed by atoms with E-state index < -0.39 is 6.61 Å². The van der Waals surface area contributed by atoms with Gasteiger partial charge >= 0.3 is 6.61 Å². The van der Waals surface area contributed by atoms with Crippen molar-refractivity contribution in [2.75, 3.05) is 25.6 Å². The first-order valence-corrected chi connectivity index (χ1v) is 7.85. The van der Waals surface area contributed by atoms with E-state index in [9.17, 15) is 8.78 Å². The highest BCUT2D eigenvalue weighted by atomic mass is 32.2. The Morgan fingerprint density at radius 2 is 2.00 bits per heavy atom. The smallest absolute Gasteiger partial charge is 0.387 e. The predicted octanol–water partition coefficient (Wildman–Crippen LogP) is 2.97. The van der Waals surface area contributed by atoms with E-state index in [0.717, 1.165) is 5.75 Å². The molecule has 0 aliphatic heterocycles. The Kier molecular flexibility index (Phi) is 7.26. The molecule has 0 heterocycles. The van der Waals surface area contributed by atoms with Crippen LogP contribution in [0.1, 0.15) is 18.5 Å². The molecular formula is C14H22F2N2OS. The van der Waals surface area contributed by atoms with Crippen LogP contribution in [-0.2, 0) is 0 Å². The van der Waals surface area contributed by atoms with Gasteiger partial charge in [-0.05, 0) is 26.3 Å². The normalized spacial score (nSPS) is 14.6. The molecule has 1 aromatic rings. The molecule has 0 saturated carbocycles. The molecule has 2 N–H and O–H groups in total. The summed E-state index contributed by atoms with van der Waals surface area (Å²) in [4.78, 5) is 2.10. The molecule has 0 aliphatic rings. The van der Waals surface area contributed by atoms with E-state index in [4.69, 9.17) is 5.73 Å². The van der Waals surface area contributed by atoms with Gasteiger partial charge in [0.25, 0.3) is 0 Å². The van der Waals surface area contributed by atoms with E-state index in [-0.39, 0.29) is 17.8 Å². The third kappa shape index (κ3) is 4.61. The second-order valence-corrected chi connectivity index (χ2v) is 5.55. The van der Waals surface area contributed by atoms with E-state index in [0.29, 0.717) is 12.1 Å². The summed E-state index contributed by atoms with van der Waals surface area (Å²) in [5.74, 6) is 1.14. The minimum Gasteiger partial charge on any atom is -0.434 e. The molecule has 0 bridgehead atoms. The van der Waals surface area contributed by atoms with Crippen LogP contribution in [0, 0.1) is 0 Å². The summed E-state index contributed by atoms with van der Waals surface area (Å²) in [6, 6.07) is 6.98. The topological polar surface area (TPSA) is 38.5 Å². The molecule has 0 radical (unpaired) electrons. The highest BCUT2D eigenvalue weighted by molar-refractivity contribution is 7.98.